The summed E-state index contributed by atoms with van der Waals surface area (Å²) in [5, 5.41) is 28.8. The number of carboxylic acids is 2. The Morgan fingerprint density at radius 3 is 1.99 bits per heavy atom. The number of amides is 4. The van der Waals surface area contributed by atoms with Crippen LogP contribution < -0.4 is 42.4 Å². The Balaban J connectivity index is 0.00000237. The monoisotopic (exact) mass is 1520 g/mol. The van der Waals surface area contributed by atoms with Crippen molar-refractivity contribution in [1.29, 1.82) is 0 Å². The van der Waals surface area contributed by atoms with Gasteiger partial charge in [-0.05, 0) is 149 Å². The summed E-state index contributed by atoms with van der Waals surface area (Å²) < 4.78 is 40.7. The number of unbranched alkanes of at least 4 members (excludes halogenated alkanes) is 3. The Labute approximate surface area is 639 Å². The van der Waals surface area contributed by atoms with Gasteiger partial charge in [-0.25, -0.2) is 9.59 Å². The molecule has 28 heteroatoms. The normalized spacial score (nSPS) is 15.1. The van der Waals surface area contributed by atoms with E-state index in [1.165, 1.54) is 40.3 Å². The fourth-order valence-corrected chi connectivity index (χ4v) is 13.2. The number of fused-ring (bicyclic) bond motifs is 2. The quantitative estimate of drug-likeness (QED) is 0.00885. The smallest absolute Gasteiger partial charge is 0.425 e. The van der Waals surface area contributed by atoms with Crippen LogP contribution in [0, 0.1) is 5.92 Å². The highest BCUT2D eigenvalue weighted by Crippen LogP contribution is 2.48. The molecule has 0 saturated heterocycles. The van der Waals surface area contributed by atoms with Gasteiger partial charge in [0, 0.05) is 112 Å². The standard InChI is InChI=1S/C79H105N9O11.2CO2.O3S/c1-7-9-18-50-88-67-33-17-15-31-63(67)79(5,6)70(88)42-37-58-26-19-25-57(36-41-69-78(3,4)62-30-14-16-32-66(62)87(69)49-10-8-2)73(58)99-61-38-34-55(35-39-61)44-48-82-74(94)59(27-20-46-83-76(80)81)54-68(90)65(53-56-23-12-11-13-24-56)85-71(91)45-52-98-51-22-29-60(89)28-21-47-84-77(97)86-64(75(95)96)40-43-72(92)93;2*2-1-3;1-4(2)3/h11-17,23-24,30-39,41-42,59,64-65H,7-10,18-22,25-29,40,43-54H2,1-6H3,(H9-,80,81,82,83,84,85,86,91,92,93,94,95,96,97);;;/p+1/t59-,64-,65+;;;/m1.../s1. The molecular weight excluding hydrogens is 1420 g/mol. The molecule has 4 amide bonds. The minimum Gasteiger partial charge on any atom is -0.481 e. The molecule has 0 spiro atoms. The zero-order valence-electron chi connectivity index (χ0n) is 63.3. The molecule has 0 bridgehead atoms. The Bertz CT molecular complexity index is 4060. The number of hydrogen-bond donors (Lipinski definition) is 8. The molecule has 0 radical (unpaired) electrons. The number of ether oxygens (including phenoxy) is 2. The fourth-order valence-electron chi connectivity index (χ4n) is 13.2. The van der Waals surface area contributed by atoms with Crippen molar-refractivity contribution in [2.45, 2.75) is 193 Å². The second-order valence-corrected chi connectivity index (χ2v) is 27.8. The van der Waals surface area contributed by atoms with Crippen LogP contribution in [0.1, 0.15) is 179 Å². The number of carbonyl (C=O) groups is 7. The summed E-state index contributed by atoms with van der Waals surface area (Å²) in [4.78, 5) is 128. The van der Waals surface area contributed by atoms with Gasteiger partial charge < -0.3 is 57.3 Å². The van der Waals surface area contributed by atoms with E-state index < -0.39 is 58.9 Å². The number of hydrogen-bond acceptors (Lipinski definition) is 18. The van der Waals surface area contributed by atoms with Gasteiger partial charge in [-0.1, -0.05) is 125 Å². The van der Waals surface area contributed by atoms with Gasteiger partial charge in [0.2, 0.25) is 17.5 Å². The van der Waals surface area contributed by atoms with Crippen LogP contribution in [-0.2, 0) is 87.0 Å². The summed E-state index contributed by atoms with van der Waals surface area (Å²) in [6, 6.07) is 31.9. The maximum Gasteiger partial charge on any atom is 0.425 e. The molecule has 4 aromatic rings. The van der Waals surface area contributed by atoms with Crippen molar-refractivity contribution >= 4 is 87.3 Å². The summed E-state index contributed by atoms with van der Waals surface area (Å²) in [6.07, 6.45) is 19.7. The van der Waals surface area contributed by atoms with Crippen LogP contribution in [0.25, 0.3) is 0 Å². The number of aliphatic imine (C=N–C) groups is 1. The number of guanidine groups is 1. The molecule has 0 unspecified atom stereocenters. The van der Waals surface area contributed by atoms with E-state index in [2.05, 4.69) is 150 Å². The molecule has 0 fully saturated rings. The van der Waals surface area contributed by atoms with Gasteiger partial charge in [0.05, 0.1) is 18.1 Å². The molecule has 27 nitrogen and oxygen atoms in total. The zero-order valence-corrected chi connectivity index (χ0v) is 64.1. The number of benzene rings is 4. The van der Waals surface area contributed by atoms with Gasteiger partial charge in [-0.2, -0.15) is 23.8 Å². The number of nitrogens with zero attached hydrogens (tertiary/aromatic N) is 3. The van der Waals surface area contributed by atoms with E-state index in [1.807, 2.05) is 54.6 Å². The summed E-state index contributed by atoms with van der Waals surface area (Å²) >= 11 is 0. The molecule has 3 aliphatic rings. The second kappa shape index (κ2) is 48.5. The fraction of sp³-hybridized carbons (Fsp3) is 0.469. The lowest BCUT2D eigenvalue weighted by molar-refractivity contribution is -0.438. The van der Waals surface area contributed by atoms with Crippen molar-refractivity contribution in [3.63, 3.8) is 0 Å². The van der Waals surface area contributed by atoms with Crippen molar-refractivity contribution in [3.05, 3.63) is 172 Å². The van der Waals surface area contributed by atoms with Crippen LogP contribution >= 0.6 is 0 Å². The van der Waals surface area contributed by atoms with Crippen molar-refractivity contribution in [2.75, 3.05) is 50.8 Å². The first-order chi connectivity index (χ1) is 52.2. The molecule has 2 aliphatic heterocycles. The molecule has 588 valence electrons. The van der Waals surface area contributed by atoms with Gasteiger partial charge in [-0.15, -0.1) is 12.6 Å². The van der Waals surface area contributed by atoms with Crippen LogP contribution in [0.3, 0.4) is 0 Å². The number of nitrogens with two attached hydrogens (primary N) is 2. The molecule has 109 heavy (non-hydrogen) atoms. The molecule has 0 aromatic heterocycles. The van der Waals surface area contributed by atoms with Crippen molar-refractivity contribution in [1.82, 2.24) is 21.3 Å². The number of carbonyl (C=O) groups excluding carboxylic acids is 9. The lowest BCUT2D eigenvalue weighted by Crippen LogP contribution is -2.46. The third kappa shape index (κ3) is 31.1. The van der Waals surface area contributed by atoms with Crippen molar-refractivity contribution < 1.29 is 89.6 Å². The van der Waals surface area contributed by atoms with Gasteiger partial charge >= 0.3 is 40.9 Å². The molecule has 1 aliphatic carbocycles. The first-order valence-electron chi connectivity index (χ1n) is 36.9. The highest BCUT2D eigenvalue weighted by atomic mass is 32.2. The SMILES string of the molecule is CCCCC[N+]1=C(/C=C/C2=C(Oc3ccc(CCNC(=O)[C@H](CCCN=C(N)N)CC(=O)[C@H](Cc4ccccc4)NC(=O)CCOCCCC(=O)CCCNC(=O)N[C@H](CCC(=O)O)C(=O)O)cc3)C(=C/C=C3/N(CCCC)c4ccccc4C3(C)C)/CCC2)C(C)(C)c2ccccc21.O=C=O.O=C=O.O=S(=O)=O. The van der Waals surface area contributed by atoms with E-state index >= 15 is 0 Å². The molecule has 10 N–H and O–H groups in total. The number of para-hydroxylation sites is 2. The number of ketones is 2. The average Bonchev–Trinajstić information content (AvgIpc) is 1.60. The Kier molecular flexibility index (Phi) is 40.3. The zero-order chi connectivity index (χ0) is 80.3. The van der Waals surface area contributed by atoms with E-state index in [4.69, 9.17) is 57.9 Å². The number of anilines is 1. The second-order valence-electron chi connectivity index (χ2n) is 27.4. The molecular formula is C81H106N9O18S+. The number of Topliss-reactive ketones (excluding diaryl/α,β-unsaturated/α-hetero) is 2. The highest BCUT2D eigenvalue weighted by Gasteiger charge is 2.44. The Morgan fingerprint density at radius 1 is 0.679 bits per heavy atom. The van der Waals surface area contributed by atoms with Crippen LogP contribution in [0.15, 0.2) is 155 Å². The lowest BCUT2D eigenvalue weighted by atomic mass is 9.81. The Hall–Kier alpha value is -10.8. The number of rotatable bonds is 42. The maximum atomic E-state index is 14.4. The predicted octanol–water partition coefficient (Wildman–Crippen LogP) is 9.73. The van der Waals surface area contributed by atoms with E-state index in [0.29, 0.717) is 44.4 Å². The van der Waals surface area contributed by atoms with Gasteiger partial charge in [0.15, 0.2) is 17.5 Å². The van der Waals surface area contributed by atoms with Crippen LogP contribution in [0.4, 0.5) is 16.2 Å². The van der Waals surface area contributed by atoms with E-state index in [9.17, 15) is 38.7 Å². The molecule has 7 rings (SSSR count). The van der Waals surface area contributed by atoms with E-state index in [-0.39, 0.29) is 111 Å². The van der Waals surface area contributed by atoms with Gasteiger partial charge in [0.25, 0.3) is 0 Å². The minimum absolute atomic E-state index is 0.0363. The molecule has 3 atom stereocenters. The third-order valence-electron chi connectivity index (χ3n) is 18.8. The number of nitrogens with one attached hydrogen (secondary N) is 4. The van der Waals surface area contributed by atoms with E-state index in [1.54, 1.807) is 0 Å². The average molecular weight is 1530 g/mol. The maximum absolute atomic E-state index is 14.4. The summed E-state index contributed by atoms with van der Waals surface area (Å²) in [6.45, 7) is 16.6. The van der Waals surface area contributed by atoms with Crippen molar-refractivity contribution in [3.8, 4) is 5.75 Å². The highest BCUT2D eigenvalue weighted by molar-refractivity contribution is 7.59. The molecule has 2 heterocycles. The third-order valence-corrected chi connectivity index (χ3v) is 18.8. The Morgan fingerprint density at radius 2 is 1.33 bits per heavy atom. The summed E-state index contributed by atoms with van der Waals surface area (Å²) in [5.74, 6) is -2.86. The first kappa shape index (κ1) is 90.6. The number of urea groups is 1. The number of allylic oxidation sites excluding steroid dienone is 7. The minimum atomic E-state index is -3.11. The van der Waals surface area contributed by atoms with E-state index in [0.717, 1.165) is 86.1 Å². The van der Waals surface area contributed by atoms with Crippen molar-refractivity contribution in [2.24, 2.45) is 22.4 Å². The largest absolute Gasteiger partial charge is 0.481 e. The summed E-state index contributed by atoms with van der Waals surface area (Å²) in [5.41, 5.74) is 22.8. The number of carboxylic acid groups (broad SMARTS) is 2. The lowest BCUT2D eigenvalue weighted by Gasteiger charge is -2.27. The number of aliphatic carboxylic acids is 2. The summed E-state index contributed by atoms with van der Waals surface area (Å²) in [7, 11) is -3.11. The van der Waals surface area contributed by atoms with Crippen LogP contribution in [0.2, 0.25) is 0 Å². The molecule has 0 saturated carbocycles. The van der Waals surface area contributed by atoms with Crippen LogP contribution in [0.5, 0.6) is 5.75 Å². The van der Waals surface area contributed by atoms with Crippen LogP contribution in [-0.4, -0.2) is 151 Å². The van der Waals surface area contributed by atoms with Gasteiger partial charge in [0.1, 0.15) is 29.9 Å². The first-order valence-corrected chi connectivity index (χ1v) is 37.9. The van der Waals surface area contributed by atoms with Gasteiger partial charge in [-0.3, -0.25) is 29.0 Å². The molecule has 4 aromatic carbocycles. The topological polar surface area (TPSA) is 417 Å². The predicted molar refractivity (Wildman–Crippen MR) is 409 cm³/mol.